The number of anilines is 1. The fourth-order valence-corrected chi connectivity index (χ4v) is 3.26. The van der Waals surface area contributed by atoms with Crippen molar-refractivity contribution in [1.82, 2.24) is 15.0 Å². The Labute approximate surface area is 148 Å². The molecule has 0 aliphatic carbocycles. The fourth-order valence-electron chi connectivity index (χ4n) is 2.89. The van der Waals surface area contributed by atoms with Crippen molar-refractivity contribution in [3.63, 3.8) is 0 Å². The molecule has 0 saturated carbocycles. The van der Waals surface area contributed by atoms with E-state index in [4.69, 9.17) is 4.74 Å². The number of fused-ring (bicyclic) bond motifs is 1. The van der Waals surface area contributed by atoms with Gasteiger partial charge in [0.2, 0.25) is 0 Å². The van der Waals surface area contributed by atoms with Crippen LogP contribution in [-0.4, -0.2) is 33.8 Å². The first-order valence-corrected chi connectivity index (χ1v) is 9.02. The van der Waals surface area contributed by atoms with Gasteiger partial charge in [0.25, 0.3) is 5.56 Å². The molecule has 2 aromatic heterocycles. The van der Waals surface area contributed by atoms with Gasteiger partial charge in [0.15, 0.2) is 5.16 Å². The summed E-state index contributed by atoms with van der Waals surface area (Å²) in [6, 6.07) is 3.61. The van der Waals surface area contributed by atoms with Crippen LogP contribution in [0.25, 0.3) is 0 Å². The van der Waals surface area contributed by atoms with Crippen LogP contribution >= 0.6 is 11.8 Å². The second kappa shape index (κ2) is 7.10. The lowest BCUT2D eigenvalue weighted by atomic mass is 9.83. The molecule has 1 aliphatic heterocycles. The maximum absolute atomic E-state index is 12.7. The van der Waals surface area contributed by atoms with E-state index in [9.17, 15) is 9.59 Å². The highest BCUT2D eigenvalue weighted by molar-refractivity contribution is 7.98. The second-order valence-electron chi connectivity index (χ2n) is 5.44. The van der Waals surface area contributed by atoms with Crippen molar-refractivity contribution in [3.8, 4) is 0 Å². The molecule has 0 saturated heterocycles. The van der Waals surface area contributed by atoms with Crippen LogP contribution in [0.2, 0.25) is 0 Å². The third-order valence-corrected chi connectivity index (χ3v) is 4.51. The van der Waals surface area contributed by atoms with Gasteiger partial charge in [-0.2, -0.15) is 0 Å². The van der Waals surface area contributed by atoms with Gasteiger partial charge in [-0.25, -0.2) is 9.78 Å². The SMILES string of the molecule is CCOC(=O)C1=C(C)Nc2nc(SC)[nH]c(=O)c2C1c1cccnc1. The number of hydrogen-bond donors (Lipinski definition) is 2. The maximum Gasteiger partial charge on any atom is 0.336 e. The Balaban J connectivity index is 2.25. The van der Waals surface area contributed by atoms with Crippen molar-refractivity contribution in [2.45, 2.75) is 24.9 Å². The summed E-state index contributed by atoms with van der Waals surface area (Å²) in [7, 11) is 0. The van der Waals surface area contributed by atoms with E-state index in [1.54, 1.807) is 32.3 Å². The number of thioether (sulfide) groups is 1. The molecular weight excluding hydrogens is 340 g/mol. The molecule has 2 aromatic rings. The predicted molar refractivity (Wildman–Crippen MR) is 95.7 cm³/mol. The Morgan fingerprint density at radius 3 is 2.88 bits per heavy atom. The molecule has 8 heteroatoms. The molecule has 1 unspecified atom stereocenters. The van der Waals surface area contributed by atoms with Crippen LogP contribution in [0, 0.1) is 0 Å². The molecule has 0 aromatic carbocycles. The Kier molecular flexibility index (Phi) is 4.89. The predicted octanol–water partition coefficient (Wildman–Crippen LogP) is 2.28. The molecule has 1 atom stereocenters. The Morgan fingerprint density at radius 1 is 1.44 bits per heavy atom. The van der Waals surface area contributed by atoms with Crippen LogP contribution in [0.4, 0.5) is 5.82 Å². The van der Waals surface area contributed by atoms with Gasteiger partial charge in [0.05, 0.1) is 23.7 Å². The van der Waals surface area contributed by atoms with Crippen molar-refractivity contribution in [1.29, 1.82) is 0 Å². The van der Waals surface area contributed by atoms with E-state index in [-0.39, 0.29) is 12.2 Å². The average Bonchev–Trinajstić information content (AvgIpc) is 2.61. The van der Waals surface area contributed by atoms with Gasteiger partial charge in [-0.3, -0.25) is 9.78 Å². The van der Waals surface area contributed by atoms with Gasteiger partial charge in [0, 0.05) is 18.1 Å². The van der Waals surface area contributed by atoms with Crippen LogP contribution in [0.3, 0.4) is 0 Å². The molecule has 1 aliphatic rings. The molecular formula is C17H18N4O3S. The number of nitrogens with one attached hydrogen (secondary N) is 2. The Bertz CT molecular complexity index is 893. The number of carbonyl (C=O) groups is 1. The minimum absolute atomic E-state index is 0.252. The Hall–Kier alpha value is -2.61. The van der Waals surface area contributed by atoms with Crippen LogP contribution in [0.15, 0.2) is 45.7 Å². The summed E-state index contributed by atoms with van der Waals surface area (Å²) < 4.78 is 5.21. The van der Waals surface area contributed by atoms with Crippen molar-refractivity contribution in [3.05, 3.63) is 57.3 Å². The number of aromatic nitrogens is 3. The number of hydrogen-bond acceptors (Lipinski definition) is 7. The molecule has 2 N–H and O–H groups in total. The molecule has 3 rings (SSSR count). The summed E-state index contributed by atoms with van der Waals surface area (Å²) in [5.74, 6) is -0.594. The quantitative estimate of drug-likeness (QED) is 0.492. The van der Waals surface area contributed by atoms with E-state index in [0.29, 0.717) is 27.8 Å². The van der Waals surface area contributed by atoms with Crippen molar-refractivity contribution >= 4 is 23.5 Å². The fraction of sp³-hybridized carbons (Fsp3) is 0.294. The van der Waals surface area contributed by atoms with Crippen LogP contribution in [0.5, 0.6) is 0 Å². The molecule has 0 amide bonds. The minimum Gasteiger partial charge on any atom is -0.463 e. The first kappa shape index (κ1) is 17.2. The van der Waals surface area contributed by atoms with Crippen LogP contribution < -0.4 is 10.9 Å². The molecule has 0 bridgehead atoms. The standard InChI is InChI=1S/C17H18N4O3S/c1-4-24-16(23)11-9(2)19-14-13(15(22)21-17(20-14)25-3)12(11)10-6-5-7-18-8-10/h5-8,12H,4H2,1-3H3,(H2,19,20,21,22). The summed E-state index contributed by atoms with van der Waals surface area (Å²) >= 11 is 1.34. The lowest BCUT2D eigenvalue weighted by molar-refractivity contribution is -0.138. The number of aromatic amines is 1. The largest absolute Gasteiger partial charge is 0.463 e. The molecule has 25 heavy (non-hydrogen) atoms. The number of esters is 1. The summed E-state index contributed by atoms with van der Waals surface area (Å²) in [6.07, 6.45) is 5.12. The number of ether oxygens (including phenoxy) is 1. The van der Waals surface area contributed by atoms with Gasteiger partial charge < -0.3 is 15.0 Å². The summed E-state index contributed by atoms with van der Waals surface area (Å²) in [6.45, 7) is 3.78. The zero-order chi connectivity index (χ0) is 18.0. The molecule has 0 spiro atoms. The molecule has 130 valence electrons. The lowest BCUT2D eigenvalue weighted by Gasteiger charge is -2.28. The summed E-state index contributed by atoms with van der Waals surface area (Å²) in [4.78, 5) is 36.6. The van der Waals surface area contributed by atoms with Crippen LogP contribution in [0.1, 0.15) is 30.9 Å². The molecule has 0 fully saturated rings. The normalized spacial score (nSPS) is 16.2. The van der Waals surface area contributed by atoms with E-state index in [1.807, 2.05) is 12.3 Å². The number of allylic oxidation sites excluding steroid dienone is 1. The van der Waals surface area contributed by atoms with E-state index in [2.05, 4.69) is 20.3 Å². The Morgan fingerprint density at radius 2 is 2.24 bits per heavy atom. The zero-order valence-electron chi connectivity index (χ0n) is 14.1. The first-order chi connectivity index (χ1) is 12.1. The van der Waals surface area contributed by atoms with Crippen LogP contribution in [-0.2, 0) is 9.53 Å². The third kappa shape index (κ3) is 3.17. The first-order valence-electron chi connectivity index (χ1n) is 7.79. The summed E-state index contributed by atoms with van der Waals surface area (Å²) in [5, 5.41) is 3.59. The van der Waals surface area contributed by atoms with E-state index < -0.39 is 11.9 Å². The number of nitrogens with zero attached hydrogens (tertiary/aromatic N) is 2. The monoisotopic (exact) mass is 358 g/mol. The highest BCUT2D eigenvalue weighted by Crippen LogP contribution is 2.39. The highest BCUT2D eigenvalue weighted by Gasteiger charge is 2.36. The van der Waals surface area contributed by atoms with Gasteiger partial charge in [-0.1, -0.05) is 17.8 Å². The van der Waals surface area contributed by atoms with Gasteiger partial charge >= 0.3 is 5.97 Å². The minimum atomic E-state index is -0.587. The second-order valence-corrected chi connectivity index (χ2v) is 6.24. The van der Waals surface area contributed by atoms with Crippen molar-refractivity contribution < 1.29 is 9.53 Å². The summed E-state index contributed by atoms with van der Waals surface area (Å²) in [5.41, 5.74) is 1.85. The number of pyridine rings is 1. The van der Waals surface area contributed by atoms with Gasteiger partial charge in [-0.05, 0) is 31.7 Å². The number of carbonyl (C=O) groups excluding carboxylic acids is 1. The van der Waals surface area contributed by atoms with Gasteiger partial charge in [-0.15, -0.1) is 0 Å². The molecule has 3 heterocycles. The lowest BCUT2D eigenvalue weighted by Crippen LogP contribution is -2.31. The molecule has 7 nitrogen and oxygen atoms in total. The van der Waals surface area contributed by atoms with E-state index in [0.717, 1.165) is 5.56 Å². The van der Waals surface area contributed by atoms with E-state index in [1.165, 1.54) is 11.8 Å². The van der Waals surface area contributed by atoms with Gasteiger partial charge in [0.1, 0.15) is 5.82 Å². The average molecular weight is 358 g/mol. The van der Waals surface area contributed by atoms with Crippen molar-refractivity contribution in [2.75, 3.05) is 18.2 Å². The topological polar surface area (TPSA) is 97.0 Å². The third-order valence-electron chi connectivity index (χ3n) is 3.93. The van der Waals surface area contributed by atoms with Crippen molar-refractivity contribution in [2.24, 2.45) is 0 Å². The van der Waals surface area contributed by atoms with E-state index >= 15 is 0 Å². The number of H-pyrrole nitrogens is 1. The maximum atomic E-state index is 12.7. The highest BCUT2D eigenvalue weighted by atomic mass is 32.2. The molecule has 0 radical (unpaired) electrons. The number of rotatable bonds is 4. The zero-order valence-corrected chi connectivity index (χ0v) is 14.9. The smallest absolute Gasteiger partial charge is 0.336 e.